The van der Waals surface area contributed by atoms with Crippen molar-refractivity contribution >= 4 is 5.91 Å². The lowest BCUT2D eigenvalue weighted by atomic mass is 9.65. The number of carbonyl (C=O) groups excluding carboxylic acids is 1. The van der Waals surface area contributed by atoms with Gasteiger partial charge in [0.1, 0.15) is 0 Å². The molecule has 0 radical (unpaired) electrons. The minimum absolute atomic E-state index is 0.115. The molecule has 0 spiro atoms. The third-order valence-corrected chi connectivity index (χ3v) is 5.04. The first kappa shape index (κ1) is 14.8. The van der Waals surface area contributed by atoms with E-state index in [9.17, 15) is 4.79 Å². The highest BCUT2D eigenvalue weighted by Crippen LogP contribution is 2.46. The molecule has 1 amide bonds. The molecule has 2 aliphatic rings. The Balaban J connectivity index is 1.97. The van der Waals surface area contributed by atoms with E-state index in [4.69, 9.17) is 10.5 Å². The van der Waals surface area contributed by atoms with Gasteiger partial charge in [-0.15, -0.1) is 0 Å². The van der Waals surface area contributed by atoms with Crippen LogP contribution in [0.25, 0.3) is 0 Å². The van der Waals surface area contributed by atoms with E-state index >= 15 is 0 Å². The molecule has 1 saturated heterocycles. The molecule has 2 fully saturated rings. The smallest absolute Gasteiger partial charge is 0.228 e. The Kier molecular flexibility index (Phi) is 4.85. The first-order valence-electron chi connectivity index (χ1n) is 7.63. The molecule has 110 valence electrons. The summed E-state index contributed by atoms with van der Waals surface area (Å²) in [6.45, 7) is 4.51. The fourth-order valence-corrected chi connectivity index (χ4v) is 3.43. The molecule has 19 heavy (non-hydrogen) atoms. The lowest BCUT2D eigenvalue weighted by Gasteiger charge is -2.46. The van der Waals surface area contributed by atoms with E-state index in [0.29, 0.717) is 18.4 Å². The van der Waals surface area contributed by atoms with E-state index in [0.717, 1.165) is 45.2 Å². The van der Waals surface area contributed by atoms with Crippen molar-refractivity contribution in [1.29, 1.82) is 0 Å². The van der Waals surface area contributed by atoms with E-state index < -0.39 is 0 Å². The minimum atomic E-state index is -0.115. The van der Waals surface area contributed by atoms with E-state index in [1.54, 1.807) is 7.11 Å². The Labute approximate surface area is 116 Å². The van der Waals surface area contributed by atoms with Gasteiger partial charge in [-0.3, -0.25) is 4.79 Å². The Hall–Kier alpha value is -0.610. The zero-order valence-electron chi connectivity index (χ0n) is 12.4. The summed E-state index contributed by atoms with van der Waals surface area (Å²) in [4.78, 5) is 14.9. The van der Waals surface area contributed by atoms with E-state index in [2.05, 4.69) is 11.8 Å². The van der Waals surface area contributed by atoms with Crippen molar-refractivity contribution in [2.75, 3.05) is 26.8 Å². The zero-order chi connectivity index (χ0) is 13.9. The molecular weight excluding hydrogens is 240 g/mol. The van der Waals surface area contributed by atoms with Gasteiger partial charge in [-0.1, -0.05) is 6.42 Å². The predicted octanol–water partition coefficient (Wildman–Crippen LogP) is 1.78. The fraction of sp³-hybridized carbons (Fsp3) is 0.933. The molecule has 1 heterocycles. The molecular formula is C15H28N2O2. The SMILES string of the molecule is COCCC1(C(=O)N2CCCC(C(C)N)C2)CCC1. The number of nitrogens with two attached hydrogens (primary N) is 1. The molecule has 2 N–H and O–H groups in total. The van der Waals surface area contributed by atoms with Gasteiger partial charge in [-0.2, -0.15) is 0 Å². The second kappa shape index (κ2) is 6.23. The summed E-state index contributed by atoms with van der Waals surface area (Å²) in [5.41, 5.74) is 5.89. The second-order valence-electron chi connectivity index (χ2n) is 6.39. The van der Waals surface area contributed by atoms with Crippen molar-refractivity contribution in [3.05, 3.63) is 0 Å². The van der Waals surface area contributed by atoms with Gasteiger partial charge in [0.15, 0.2) is 0 Å². The maximum absolute atomic E-state index is 12.8. The molecule has 1 saturated carbocycles. The third-order valence-electron chi connectivity index (χ3n) is 5.04. The van der Waals surface area contributed by atoms with Gasteiger partial charge in [0.05, 0.1) is 5.41 Å². The number of ether oxygens (including phenoxy) is 1. The van der Waals surface area contributed by atoms with E-state index in [-0.39, 0.29) is 11.5 Å². The number of hydrogen-bond donors (Lipinski definition) is 1. The number of likely N-dealkylation sites (tertiary alicyclic amines) is 1. The number of nitrogens with zero attached hydrogens (tertiary/aromatic N) is 1. The van der Waals surface area contributed by atoms with Gasteiger partial charge >= 0.3 is 0 Å². The largest absolute Gasteiger partial charge is 0.385 e. The number of rotatable bonds is 5. The quantitative estimate of drug-likeness (QED) is 0.827. The Morgan fingerprint density at radius 2 is 2.21 bits per heavy atom. The average molecular weight is 268 g/mol. The van der Waals surface area contributed by atoms with Crippen LogP contribution in [-0.2, 0) is 9.53 Å². The van der Waals surface area contributed by atoms with Gasteiger partial charge in [-0.05, 0) is 44.9 Å². The molecule has 1 aliphatic heterocycles. The van der Waals surface area contributed by atoms with Crippen LogP contribution in [0.15, 0.2) is 0 Å². The molecule has 1 aliphatic carbocycles. The minimum Gasteiger partial charge on any atom is -0.385 e. The summed E-state index contributed by atoms with van der Waals surface area (Å²) in [5, 5.41) is 0. The van der Waals surface area contributed by atoms with Gasteiger partial charge < -0.3 is 15.4 Å². The number of methoxy groups -OCH3 is 1. The van der Waals surface area contributed by atoms with Gasteiger partial charge in [0.25, 0.3) is 0 Å². The first-order valence-corrected chi connectivity index (χ1v) is 7.63. The van der Waals surface area contributed by atoms with Crippen LogP contribution in [0.3, 0.4) is 0 Å². The monoisotopic (exact) mass is 268 g/mol. The molecule has 2 unspecified atom stereocenters. The van der Waals surface area contributed by atoms with E-state index in [1.165, 1.54) is 6.42 Å². The zero-order valence-corrected chi connectivity index (χ0v) is 12.4. The Bertz CT molecular complexity index is 313. The highest BCUT2D eigenvalue weighted by molar-refractivity contribution is 5.83. The molecule has 0 aromatic rings. The maximum Gasteiger partial charge on any atom is 0.228 e. The molecule has 0 aromatic heterocycles. The Morgan fingerprint density at radius 1 is 1.47 bits per heavy atom. The number of amides is 1. The highest BCUT2D eigenvalue weighted by atomic mass is 16.5. The fourth-order valence-electron chi connectivity index (χ4n) is 3.43. The predicted molar refractivity (Wildman–Crippen MR) is 75.7 cm³/mol. The van der Waals surface area contributed by atoms with Crippen molar-refractivity contribution in [3.63, 3.8) is 0 Å². The third kappa shape index (κ3) is 3.11. The number of piperidine rings is 1. The number of carbonyl (C=O) groups is 1. The topological polar surface area (TPSA) is 55.6 Å². The van der Waals surface area contributed by atoms with Crippen LogP contribution in [0.2, 0.25) is 0 Å². The molecule has 2 rings (SSSR count). The van der Waals surface area contributed by atoms with Crippen molar-refractivity contribution < 1.29 is 9.53 Å². The lowest BCUT2D eigenvalue weighted by molar-refractivity contribution is -0.151. The summed E-state index contributed by atoms with van der Waals surface area (Å²) in [6, 6.07) is 0.187. The van der Waals surface area contributed by atoms with Gasteiger partial charge in [0.2, 0.25) is 5.91 Å². The molecule has 4 heteroatoms. The normalized spacial score (nSPS) is 27.7. The standard InChI is InChI=1S/C15H28N2O2/c1-12(16)13-5-3-9-17(11-13)14(18)15(6-4-7-15)8-10-19-2/h12-13H,3-11,16H2,1-2H3. The maximum atomic E-state index is 12.8. The summed E-state index contributed by atoms with van der Waals surface area (Å²) >= 11 is 0. The van der Waals surface area contributed by atoms with Crippen LogP contribution >= 0.6 is 0 Å². The van der Waals surface area contributed by atoms with Crippen LogP contribution in [0.1, 0.15) is 45.4 Å². The van der Waals surface area contributed by atoms with Crippen molar-refractivity contribution in [2.24, 2.45) is 17.1 Å². The molecule has 4 nitrogen and oxygen atoms in total. The highest BCUT2D eigenvalue weighted by Gasteiger charge is 2.46. The summed E-state index contributed by atoms with van der Waals surface area (Å²) in [6.07, 6.45) is 6.38. The van der Waals surface area contributed by atoms with Gasteiger partial charge in [-0.25, -0.2) is 0 Å². The van der Waals surface area contributed by atoms with Crippen molar-refractivity contribution in [2.45, 2.75) is 51.5 Å². The van der Waals surface area contributed by atoms with Crippen LogP contribution in [0.4, 0.5) is 0 Å². The average Bonchev–Trinajstić information content (AvgIpc) is 2.37. The van der Waals surface area contributed by atoms with Crippen LogP contribution < -0.4 is 5.73 Å². The van der Waals surface area contributed by atoms with Crippen LogP contribution in [0, 0.1) is 11.3 Å². The summed E-state index contributed by atoms with van der Waals surface area (Å²) in [5.74, 6) is 0.832. The van der Waals surface area contributed by atoms with Crippen LogP contribution in [0.5, 0.6) is 0 Å². The molecule has 2 atom stereocenters. The lowest BCUT2D eigenvalue weighted by Crippen LogP contribution is -2.53. The molecule has 0 bridgehead atoms. The first-order chi connectivity index (χ1) is 9.09. The van der Waals surface area contributed by atoms with E-state index in [1.807, 2.05) is 0 Å². The second-order valence-corrected chi connectivity index (χ2v) is 6.39. The van der Waals surface area contributed by atoms with Crippen molar-refractivity contribution in [3.8, 4) is 0 Å². The van der Waals surface area contributed by atoms with Crippen molar-refractivity contribution in [1.82, 2.24) is 4.90 Å². The summed E-state index contributed by atoms with van der Waals surface area (Å²) in [7, 11) is 1.71. The summed E-state index contributed by atoms with van der Waals surface area (Å²) < 4.78 is 5.18. The van der Waals surface area contributed by atoms with Crippen LogP contribution in [-0.4, -0.2) is 43.7 Å². The molecule has 0 aromatic carbocycles. The van der Waals surface area contributed by atoms with Gasteiger partial charge in [0, 0.05) is 32.8 Å². The number of hydrogen-bond acceptors (Lipinski definition) is 3. The Morgan fingerprint density at radius 3 is 2.74 bits per heavy atom.